The summed E-state index contributed by atoms with van der Waals surface area (Å²) in [5, 5.41) is 181. The lowest BCUT2D eigenvalue weighted by Crippen LogP contribution is -2.29. The average molecular weight is 1020 g/mol. The molecule has 0 amide bonds. The molecule has 0 unspecified atom stereocenters. The van der Waals surface area contributed by atoms with Gasteiger partial charge in [-0.2, -0.15) is 0 Å². The smallest absolute Gasteiger partial charge is 0.488 e. The number of benzene rings is 8. The van der Waals surface area contributed by atoms with Crippen molar-refractivity contribution in [3.8, 4) is 46.0 Å². The number of aromatic hydroxyl groups is 8. The number of fused-ring (bicyclic) bond motifs is 8. The Morgan fingerprint density at radius 1 is 0.237 bits per heavy atom. The topological polar surface area (TPSA) is 324 Å². The minimum absolute atomic E-state index is 0.0381. The Kier molecular flexibility index (Phi) is 14.2. The maximum Gasteiger partial charge on any atom is 0.488 e. The SMILES string of the molecule is Cc1c(O)c2cc(c1O)C(c1ccc(B(O)O)cc1)c1cc(c(O)c(C)c1O)C(c1ccc(B(O)O)cc1)c1cc(c(O)c(C)c1O)C(c1ccc(B(O)O)cc1)c1cc(c(O)c(C)c1O)C2c1ccc(B(O)O)cc1. The van der Waals surface area contributed by atoms with Gasteiger partial charge in [0.25, 0.3) is 0 Å². The predicted octanol–water partition coefficient (Wildman–Crippen LogP) is 2.32. The molecule has 8 aromatic carbocycles. The highest BCUT2D eigenvalue weighted by atomic mass is 16.4. The van der Waals surface area contributed by atoms with Crippen molar-refractivity contribution in [3.63, 3.8) is 0 Å². The zero-order valence-electron chi connectivity index (χ0n) is 41.3. The Balaban J connectivity index is 1.52. The molecule has 1 aliphatic rings. The van der Waals surface area contributed by atoms with E-state index in [1.165, 1.54) is 149 Å². The second-order valence-electron chi connectivity index (χ2n) is 19.4. The number of hydrogen-bond donors (Lipinski definition) is 16. The van der Waals surface area contributed by atoms with Gasteiger partial charge in [-0.1, -0.05) is 97.1 Å². The van der Waals surface area contributed by atoms with Crippen molar-refractivity contribution in [3.05, 3.63) is 210 Å². The standard InChI is InChI=1S/C56H52B4O16/c1-25-49(61)37-21-38(50(25)62)46(30-7-15-34(16-8-30)58(71)72)40-23-42(54(66)27(3)52(40)64)48(32-11-19-36(20-12-32)60(75)76)44-24-43(55(67)28(4)56(44)68)47(31-9-17-35(18-10-31)59(73)74)41-22-39(51(63)26(2)53(41)65)45(37)29-5-13-33(14-6-29)57(69)70/h5-24,45-48,61-76H,1-4H3. The predicted molar refractivity (Wildman–Crippen MR) is 287 cm³/mol. The summed E-state index contributed by atoms with van der Waals surface area (Å²) in [6, 6.07) is 29.4. The Morgan fingerprint density at radius 2 is 0.368 bits per heavy atom. The number of phenols is 8. The first-order chi connectivity index (χ1) is 36.0. The van der Waals surface area contributed by atoms with E-state index in [0.717, 1.165) is 0 Å². The summed E-state index contributed by atoms with van der Waals surface area (Å²) in [5.74, 6) is -8.76. The molecule has 0 aromatic heterocycles. The lowest BCUT2D eigenvalue weighted by molar-refractivity contribution is 0.421. The molecule has 0 atom stereocenters. The highest BCUT2D eigenvalue weighted by Crippen LogP contribution is 2.56. The van der Waals surface area contributed by atoms with Crippen LogP contribution in [0, 0.1) is 27.7 Å². The van der Waals surface area contributed by atoms with E-state index in [1.807, 2.05) is 0 Å². The van der Waals surface area contributed by atoms with Crippen LogP contribution in [0.15, 0.2) is 121 Å². The minimum Gasteiger partial charge on any atom is -0.507 e. The van der Waals surface area contributed by atoms with Crippen molar-refractivity contribution in [2.45, 2.75) is 51.4 Å². The van der Waals surface area contributed by atoms with Crippen molar-refractivity contribution in [2.75, 3.05) is 0 Å². The van der Waals surface area contributed by atoms with E-state index in [9.17, 15) is 81.0 Å². The highest BCUT2D eigenvalue weighted by molar-refractivity contribution is 6.59. The van der Waals surface area contributed by atoms with Crippen molar-refractivity contribution in [1.29, 1.82) is 0 Å². The average Bonchev–Trinajstić information content (AvgIpc) is 3.41. The molecule has 16 N–H and O–H groups in total. The molecule has 0 aliphatic heterocycles. The van der Waals surface area contributed by atoms with Crippen molar-refractivity contribution < 1.29 is 81.0 Å². The molecular formula is C56H52B4O16. The molecule has 9 rings (SSSR count). The first-order valence-electron chi connectivity index (χ1n) is 24.1. The van der Waals surface area contributed by atoms with Crippen LogP contribution in [-0.4, -0.2) is 110 Å². The first-order valence-corrected chi connectivity index (χ1v) is 24.1. The largest absolute Gasteiger partial charge is 0.507 e. The van der Waals surface area contributed by atoms with Gasteiger partial charge in [-0.3, -0.25) is 0 Å². The molecule has 0 spiro atoms. The van der Waals surface area contributed by atoms with Crippen molar-refractivity contribution >= 4 is 50.3 Å². The molecule has 0 heterocycles. The third kappa shape index (κ3) is 9.03. The van der Waals surface area contributed by atoms with E-state index in [1.54, 1.807) is 0 Å². The maximum atomic E-state index is 12.4. The van der Waals surface area contributed by atoms with E-state index in [4.69, 9.17) is 0 Å². The molecule has 0 fully saturated rings. The fourth-order valence-electron chi connectivity index (χ4n) is 10.7. The lowest BCUT2D eigenvalue weighted by atomic mass is 9.72. The molecule has 16 nitrogen and oxygen atoms in total. The van der Waals surface area contributed by atoms with Gasteiger partial charge in [0.15, 0.2) is 0 Å². The summed E-state index contributed by atoms with van der Waals surface area (Å²) < 4.78 is 0. The minimum atomic E-state index is -1.89. The fourth-order valence-corrected chi connectivity index (χ4v) is 10.7. The van der Waals surface area contributed by atoms with Gasteiger partial charge in [0.2, 0.25) is 0 Å². The van der Waals surface area contributed by atoms with E-state index in [2.05, 4.69) is 0 Å². The van der Waals surface area contributed by atoms with Gasteiger partial charge in [0.05, 0.1) is 0 Å². The normalized spacial score (nSPS) is 16.1. The van der Waals surface area contributed by atoms with Gasteiger partial charge >= 0.3 is 28.5 Å². The zero-order valence-corrected chi connectivity index (χ0v) is 41.3. The van der Waals surface area contributed by atoms with Crippen LogP contribution >= 0.6 is 0 Å². The van der Waals surface area contributed by atoms with Gasteiger partial charge in [-0.15, -0.1) is 0 Å². The van der Waals surface area contributed by atoms with Crippen LogP contribution in [0.5, 0.6) is 46.0 Å². The van der Waals surface area contributed by atoms with Gasteiger partial charge in [0.1, 0.15) is 46.0 Å². The van der Waals surface area contributed by atoms with Gasteiger partial charge < -0.3 is 81.0 Å². The quantitative estimate of drug-likeness (QED) is 0.0972. The van der Waals surface area contributed by atoms with Crippen LogP contribution in [0.1, 0.15) is 113 Å². The van der Waals surface area contributed by atoms with Gasteiger partial charge in [-0.05, 0) is 96.1 Å². The molecule has 0 radical (unpaired) electrons. The van der Waals surface area contributed by atoms with Crippen LogP contribution in [-0.2, 0) is 0 Å². The fraction of sp³-hybridized carbons (Fsp3) is 0.143. The Morgan fingerprint density at radius 3 is 0.487 bits per heavy atom. The Hall–Kier alpha value is -7.90. The molecule has 1 aliphatic carbocycles. The first kappa shape index (κ1) is 52.9. The molecule has 0 saturated heterocycles. The van der Waals surface area contributed by atoms with E-state index in [-0.39, 0.29) is 88.6 Å². The number of hydrogen-bond acceptors (Lipinski definition) is 16. The van der Waals surface area contributed by atoms with E-state index < -0.39 is 98.1 Å². The molecule has 8 aromatic rings. The summed E-state index contributed by atoms with van der Waals surface area (Å²) in [6.07, 6.45) is 0. The van der Waals surface area contributed by atoms with Crippen molar-refractivity contribution in [1.82, 2.24) is 0 Å². The number of phenolic OH excluding ortho intramolecular Hbond substituents is 8. The maximum absolute atomic E-state index is 12.4. The van der Waals surface area contributed by atoms with Crippen LogP contribution in [0.25, 0.3) is 0 Å². The summed E-state index contributed by atoms with van der Waals surface area (Å²) in [4.78, 5) is 0. The lowest BCUT2D eigenvalue weighted by Gasteiger charge is -2.31. The summed E-state index contributed by atoms with van der Waals surface area (Å²) >= 11 is 0. The third-order valence-electron chi connectivity index (χ3n) is 15.0. The van der Waals surface area contributed by atoms with Crippen LogP contribution < -0.4 is 21.9 Å². The molecule has 0 saturated carbocycles. The van der Waals surface area contributed by atoms with E-state index >= 15 is 0 Å². The monoisotopic (exact) mass is 1020 g/mol. The second kappa shape index (κ2) is 20.3. The summed E-state index contributed by atoms with van der Waals surface area (Å²) in [5.41, 5.74) is 1.68. The number of rotatable bonds is 8. The third-order valence-corrected chi connectivity index (χ3v) is 15.0. The Bertz CT molecular complexity index is 2950. The summed E-state index contributed by atoms with van der Waals surface area (Å²) in [7, 11) is -7.55. The zero-order chi connectivity index (χ0) is 54.9. The summed E-state index contributed by atoms with van der Waals surface area (Å²) in [6.45, 7) is 5.75. The van der Waals surface area contributed by atoms with Crippen LogP contribution in [0.4, 0.5) is 0 Å². The highest BCUT2D eigenvalue weighted by Gasteiger charge is 2.38. The van der Waals surface area contributed by atoms with Crippen molar-refractivity contribution in [2.24, 2.45) is 0 Å². The van der Waals surface area contributed by atoms with Gasteiger partial charge in [-0.25, -0.2) is 0 Å². The molecular weight excluding hydrogens is 972 g/mol. The second-order valence-corrected chi connectivity index (χ2v) is 19.4. The molecule has 76 heavy (non-hydrogen) atoms. The van der Waals surface area contributed by atoms with E-state index in [0.29, 0.717) is 22.3 Å². The van der Waals surface area contributed by atoms with Crippen LogP contribution in [0.3, 0.4) is 0 Å². The molecule has 384 valence electrons. The molecule has 8 bridgehead atoms. The molecule has 20 heteroatoms. The van der Waals surface area contributed by atoms with Gasteiger partial charge in [0, 0.05) is 90.4 Å². The Labute approximate surface area is 437 Å². The van der Waals surface area contributed by atoms with Crippen LogP contribution in [0.2, 0.25) is 0 Å².